The van der Waals surface area contributed by atoms with Crippen LogP contribution >= 0.6 is 0 Å². The molecular formula is C14H23N3O. The van der Waals surface area contributed by atoms with Crippen molar-refractivity contribution in [3.05, 3.63) is 23.4 Å². The van der Waals surface area contributed by atoms with E-state index in [-0.39, 0.29) is 0 Å². The summed E-state index contributed by atoms with van der Waals surface area (Å²) in [4.78, 5) is 6.69. The lowest BCUT2D eigenvalue weighted by Gasteiger charge is -2.28. The van der Waals surface area contributed by atoms with Crippen LogP contribution in [0.1, 0.15) is 30.4 Å². The molecule has 0 saturated carbocycles. The minimum absolute atomic E-state index is 0.346. The topological polar surface area (TPSA) is 51.4 Å². The zero-order valence-electron chi connectivity index (χ0n) is 11.4. The highest BCUT2D eigenvalue weighted by Crippen LogP contribution is 2.19. The molecule has 1 unspecified atom stereocenters. The van der Waals surface area contributed by atoms with Crippen LogP contribution in [0.4, 0.5) is 5.82 Å². The lowest BCUT2D eigenvalue weighted by Crippen LogP contribution is -2.34. The number of pyridine rings is 1. The molecule has 0 amide bonds. The van der Waals surface area contributed by atoms with Gasteiger partial charge in [-0.15, -0.1) is 0 Å². The molecule has 4 heteroatoms. The van der Waals surface area contributed by atoms with E-state index in [2.05, 4.69) is 29.9 Å². The molecule has 2 rings (SSSR count). The van der Waals surface area contributed by atoms with Gasteiger partial charge in [0, 0.05) is 32.9 Å². The Balaban J connectivity index is 2.01. The zero-order chi connectivity index (χ0) is 13.0. The first-order chi connectivity index (χ1) is 8.70. The summed E-state index contributed by atoms with van der Waals surface area (Å²) in [5, 5.41) is 0. The van der Waals surface area contributed by atoms with Crippen molar-refractivity contribution in [1.29, 1.82) is 0 Å². The third-order valence-corrected chi connectivity index (χ3v) is 3.46. The van der Waals surface area contributed by atoms with Crippen LogP contribution in [0.5, 0.6) is 0 Å². The molecule has 18 heavy (non-hydrogen) atoms. The van der Waals surface area contributed by atoms with Crippen LogP contribution in [-0.2, 0) is 11.3 Å². The van der Waals surface area contributed by atoms with E-state index in [4.69, 9.17) is 10.5 Å². The number of aromatic nitrogens is 1. The number of nitrogens with two attached hydrogens (primary N) is 1. The van der Waals surface area contributed by atoms with Crippen LogP contribution in [0.15, 0.2) is 12.3 Å². The molecule has 1 aromatic rings. The van der Waals surface area contributed by atoms with E-state index in [1.807, 2.05) is 6.20 Å². The first-order valence-corrected chi connectivity index (χ1v) is 6.69. The van der Waals surface area contributed by atoms with E-state index in [1.54, 1.807) is 0 Å². The molecule has 1 fully saturated rings. The predicted molar refractivity (Wildman–Crippen MR) is 73.7 cm³/mol. The Morgan fingerprint density at radius 3 is 2.94 bits per heavy atom. The molecule has 2 N–H and O–H groups in total. The second-order valence-corrected chi connectivity index (χ2v) is 5.06. The molecule has 100 valence electrons. The molecule has 1 aromatic heterocycles. The van der Waals surface area contributed by atoms with Gasteiger partial charge in [-0.1, -0.05) is 0 Å². The van der Waals surface area contributed by atoms with Crippen LogP contribution < -0.4 is 10.6 Å². The Kier molecular flexibility index (Phi) is 4.55. The van der Waals surface area contributed by atoms with Crippen LogP contribution in [0, 0.1) is 6.92 Å². The average molecular weight is 249 g/mol. The van der Waals surface area contributed by atoms with Gasteiger partial charge < -0.3 is 15.4 Å². The monoisotopic (exact) mass is 249 g/mol. The van der Waals surface area contributed by atoms with E-state index >= 15 is 0 Å². The Morgan fingerprint density at radius 1 is 1.50 bits per heavy atom. The van der Waals surface area contributed by atoms with Crippen LogP contribution in [0.3, 0.4) is 0 Å². The van der Waals surface area contributed by atoms with Crippen LogP contribution in [0.25, 0.3) is 0 Å². The highest BCUT2D eigenvalue weighted by Gasteiger charge is 2.17. The first-order valence-electron chi connectivity index (χ1n) is 6.69. The maximum absolute atomic E-state index is 5.77. The molecule has 0 radical (unpaired) electrons. The van der Waals surface area contributed by atoms with Gasteiger partial charge in [-0.25, -0.2) is 4.98 Å². The van der Waals surface area contributed by atoms with E-state index in [0.717, 1.165) is 31.0 Å². The second kappa shape index (κ2) is 6.16. The molecular weight excluding hydrogens is 226 g/mol. The SMILES string of the molecule is Cc1cc(CN)cnc1N(C)CC1CCCCO1. The largest absolute Gasteiger partial charge is 0.376 e. The van der Waals surface area contributed by atoms with Gasteiger partial charge in [0.15, 0.2) is 0 Å². The van der Waals surface area contributed by atoms with Crippen molar-refractivity contribution < 1.29 is 4.74 Å². The van der Waals surface area contributed by atoms with Gasteiger partial charge in [-0.2, -0.15) is 0 Å². The number of anilines is 1. The fourth-order valence-corrected chi connectivity index (χ4v) is 2.48. The van der Waals surface area contributed by atoms with Crippen LogP contribution in [-0.4, -0.2) is 31.3 Å². The van der Waals surface area contributed by atoms with Crippen molar-refractivity contribution in [2.45, 2.75) is 38.8 Å². The summed E-state index contributed by atoms with van der Waals surface area (Å²) in [6.07, 6.45) is 5.84. The molecule has 0 bridgehead atoms. The van der Waals surface area contributed by atoms with E-state index in [9.17, 15) is 0 Å². The second-order valence-electron chi connectivity index (χ2n) is 5.06. The molecule has 1 aliphatic rings. The fourth-order valence-electron chi connectivity index (χ4n) is 2.48. The predicted octanol–water partition coefficient (Wildman–Crippen LogP) is 1.85. The third-order valence-electron chi connectivity index (χ3n) is 3.46. The van der Waals surface area contributed by atoms with Crippen molar-refractivity contribution in [3.63, 3.8) is 0 Å². The first kappa shape index (κ1) is 13.3. The summed E-state index contributed by atoms with van der Waals surface area (Å²) in [5.41, 5.74) is 7.88. The van der Waals surface area contributed by atoms with E-state index < -0.39 is 0 Å². The zero-order valence-corrected chi connectivity index (χ0v) is 11.4. The van der Waals surface area contributed by atoms with Gasteiger partial charge >= 0.3 is 0 Å². The Bertz CT molecular complexity index is 389. The highest BCUT2D eigenvalue weighted by atomic mass is 16.5. The van der Waals surface area contributed by atoms with Gasteiger partial charge in [0.1, 0.15) is 5.82 Å². The molecule has 0 aromatic carbocycles. The summed E-state index contributed by atoms with van der Waals surface area (Å²) < 4.78 is 5.77. The van der Waals surface area contributed by atoms with E-state index in [0.29, 0.717) is 12.6 Å². The van der Waals surface area contributed by atoms with Gasteiger partial charge in [0.2, 0.25) is 0 Å². The number of hydrogen-bond acceptors (Lipinski definition) is 4. The Hall–Kier alpha value is -1.13. The molecule has 1 aliphatic heterocycles. The molecule has 1 saturated heterocycles. The molecule has 0 aliphatic carbocycles. The minimum Gasteiger partial charge on any atom is -0.376 e. The number of aryl methyl sites for hydroxylation is 1. The van der Waals surface area contributed by atoms with Gasteiger partial charge in [0.25, 0.3) is 0 Å². The molecule has 4 nitrogen and oxygen atoms in total. The quantitative estimate of drug-likeness (QED) is 0.885. The van der Waals surface area contributed by atoms with Crippen molar-refractivity contribution in [2.24, 2.45) is 5.73 Å². The van der Waals surface area contributed by atoms with E-state index in [1.165, 1.54) is 18.4 Å². The summed E-state index contributed by atoms with van der Waals surface area (Å²) in [6.45, 7) is 4.44. The van der Waals surface area contributed by atoms with Crippen LogP contribution in [0.2, 0.25) is 0 Å². The lowest BCUT2D eigenvalue weighted by atomic mass is 10.1. The van der Waals surface area contributed by atoms with Crippen molar-refractivity contribution in [3.8, 4) is 0 Å². The minimum atomic E-state index is 0.346. The summed E-state index contributed by atoms with van der Waals surface area (Å²) in [7, 11) is 2.08. The van der Waals surface area contributed by atoms with Crippen molar-refractivity contribution in [1.82, 2.24) is 4.98 Å². The fraction of sp³-hybridized carbons (Fsp3) is 0.643. The van der Waals surface area contributed by atoms with Gasteiger partial charge in [-0.3, -0.25) is 0 Å². The number of likely N-dealkylation sites (N-methyl/N-ethyl adjacent to an activating group) is 1. The number of nitrogens with zero attached hydrogens (tertiary/aromatic N) is 2. The standard InChI is InChI=1S/C14H23N3O/c1-11-7-12(8-15)9-16-14(11)17(2)10-13-5-3-4-6-18-13/h7,9,13H,3-6,8,10,15H2,1-2H3. The Labute approximate surface area is 109 Å². The summed E-state index contributed by atoms with van der Waals surface area (Å²) in [5.74, 6) is 1.03. The molecule has 2 heterocycles. The highest BCUT2D eigenvalue weighted by molar-refractivity contribution is 5.46. The van der Waals surface area contributed by atoms with Gasteiger partial charge in [0.05, 0.1) is 6.10 Å². The van der Waals surface area contributed by atoms with Crippen molar-refractivity contribution >= 4 is 5.82 Å². The third kappa shape index (κ3) is 3.21. The average Bonchev–Trinajstić information content (AvgIpc) is 2.39. The molecule has 0 spiro atoms. The number of hydrogen-bond donors (Lipinski definition) is 1. The maximum atomic E-state index is 5.77. The van der Waals surface area contributed by atoms with Gasteiger partial charge in [-0.05, 0) is 43.4 Å². The smallest absolute Gasteiger partial charge is 0.131 e. The van der Waals surface area contributed by atoms with Crippen molar-refractivity contribution in [2.75, 3.05) is 25.1 Å². The summed E-state index contributed by atoms with van der Waals surface area (Å²) in [6, 6.07) is 2.11. The number of ether oxygens (including phenoxy) is 1. The maximum Gasteiger partial charge on any atom is 0.131 e. The lowest BCUT2D eigenvalue weighted by molar-refractivity contribution is 0.0215. The normalized spacial score (nSPS) is 19.8. The molecule has 1 atom stereocenters. The number of rotatable bonds is 4. The summed E-state index contributed by atoms with van der Waals surface area (Å²) >= 11 is 0. The Morgan fingerprint density at radius 2 is 2.33 bits per heavy atom.